The average molecular weight is 388 g/mol. The highest BCUT2D eigenvalue weighted by molar-refractivity contribution is 5.77. The van der Waals surface area contributed by atoms with E-state index in [1.54, 1.807) is 12.1 Å². The van der Waals surface area contributed by atoms with Gasteiger partial charge in [-0.15, -0.1) is 0 Å². The minimum Gasteiger partial charge on any atom is -0.338 e. The molecular formula is C21H29FN4O2. The molecule has 0 aliphatic carbocycles. The van der Waals surface area contributed by atoms with Gasteiger partial charge in [0.2, 0.25) is 11.8 Å². The molecule has 1 atom stereocenters. The highest BCUT2D eigenvalue weighted by atomic mass is 19.1. The second-order valence-electron chi connectivity index (χ2n) is 8.15. The highest BCUT2D eigenvalue weighted by Crippen LogP contribution is 2.22. The van der Waals surface area contributed by atoms with Crippen LogP contribution in [0.15, 0.2) is 28.8 Å². The van der Waals surface area contributed by atoms with E-state index in [2.05, 4.69) is 28.9 Å². The van der Waals surface area contributed by atoms with Gasteiger partial charge in [-0.2, -0.15) is 4.98 Å². The van der Waals surface area contributed by atoms with E-state index in [1.165, 1.54) is 12.1 Å². The van der Waals surface area contributed by atoms with Gasteiger partial charge in [0.15, 0.2) is 5.82 Å². The first-order valence-corrected chi connectivity index (χ1v) is 9.92. The summed E-state index contributed by atoms with van der Waals surface area (Å²) in [4.78, 5) is 21.5. The normalized spacial score (nSPS) is 18.9. The lowest BCUT2D eigenvalue weighted by atomic mass is 10.0. The summed E-state index contributed by atoms with van der Waals surface area (Å²) in [5, 5.41) is 4.03. The Balaban J connectivity index is 1.74. The first-order valence-electron chi connectivity index (χ1n) is 9.92. The van der Waals surface area contributed by atoms with Gasteiger partial charge in [-0.05, 0) is 23.6 Å². The molecule has 1 amide bonds. The number of hydrogen-bond acceptors (Lipinski definition) is 5. The molecule has 1 saturated heterocycles. The topological polar surface area (TPSA) is 62.5 Å². The van der Waals surface area contributed by atoms with Crippen molar-refractivity contribution in [3.63, 3.8) is 0 Å². The molecule has 3 rings (SSSR count). The zero-order valence-electron chi connectivity index (χ0n) is 17.1. The van der Waals surface area contributed by atoms with Gasteiger partial charge in [-0.1, -0.05) is 45.0 Å². The van der Waals surface area contributed by atoms with Crippen LogP contribution < -0.4 is 0 Å². The quantitative estimate of drug-likeness (QED) is 0.757. The maximum absolute atomic E-state index is 13.2. The second-order valence-corrected chi connectivity index (χ2v) is 8.15. The molecule has 0 saturated carbocycles. The summed E-state index contributed by atoms with van der Waals surface area (Å²) < 4.78 is 18.6. The molecule has 6 nitrogen and oxygen atoms in total. The molecule has 2 aromatic rings. The first-order chi connectivity index (χ1) is 13.3. The van der Waals surface area contributed by atoms with Gasteiger partial charge in [0.05, 0.1) is 6.54 Å². The molecule has 0 spiro atoms. The van der Waals surface area contributed by atoms with Crippen LogP contribution in [0.1, 0.15) is 57.3 Å². The predicted molar refractivity (Wildman–Crippen MR) is 104 cm³/mol. The first kappa shape index (κ1) is 20.5. The zero-order valence-corrected chi connectivity index (χ0v) is 17.1. The average Bonchev–Trinajstić information content (AvgIpc) is 3.06. The van der Waals surface area contributed by atoms with Crippen LogP contribution in [0.4, 0.5) is 4.39 Å². The van der Waals surface area contributed by atoms with Crippen LogP contribution in [0.2, 0.25) is 0 Å². The third kappa shape index (κ3) is 4.95. The smallest absolute Gasteiger partial charge is 0.240 e. The Hall–Kier alpha value is -2.28. The van der Waals surface area contributed by atoms with Crippen LogP contribution in [0.5, 0.6) is 0 Å². The number of rotatable bonds is 6. The highest BCUT2D eigenvalue weighted by Gasteiger charge is 2.32. The third-order valence-corrected chi connectivity index (χ3v) is 5.20. The van der Waals surface area contributed by atoms with Gasteiger partial charge in [0.1, 0.15) is 5.82 Å². The fourth-order valence-corrected chi connectivity index (χ4v) is 3.50. The van der Waals surface area contributed by atoms with Gasteiger partial charge >= 0.3 is 0 Å². The van der Waals surface area contributed by atoms with E-state index in [0.717, 1.165) is 12.1 Å². The van der Waals surface area contributed by atoms with E-state index in [0.29, 0.717) is 43.7 Å². The molecule has 2 heterocycles. The molecule has 1 unspecified atom stereocenters. The molecule has 152 valence electrons. The van der Waals surface area contributed by atoms with Gasteiger partial charge in [-0.3, -0.25) is 9.69 Å². The van der Waals surface area contributed by atoms with Crippen molar-refractivity contribution in [2.24, 2.45) is 5.92 Å². The van der Waals surface area contributed by atoms with Crippen LogP contribution in [-0.4, -0.2) is 45.0 Å². The molecule has 0 radical (unpaired) electrons. The number of amides is 1. The van der Waals surface area contributed by atoms with Crippen molar-refractivity contribution < 1.29 is 13.7 Å². The van der Waals surface area contributed by atoms with Crippen molar-refractivity contribution in [2.75, 3.05) is 13.1 Å². The molecule has 0 N–H and O–H groups in total. The minimum atomic E-state index is -0.266. The molecule has 28 heavy (non-hydrogen) atoms. The Morgan fingerprint density at radius 3 is 2.50 bits per heavy atom. The van der Waals surface area contributed by atoms with E-state index >= 15 is 0 Å². The van der Waals surface area contributed by atoms with E-state index in [9.17, 15) is 9.18 Å². The Kier molecular flexibility index (Phi) is 6.44. The monoisotopic (exact) mass is 388 g/mol. The van der Waals surface area contributed by atoms with Crippen LogP contribution >= 0.6 is 0 Å². The summed E-state index contributed by atoms with van der Waals surface area (Å²) in [6.45, 7) is 10.7. The molecule has 7 heteroatoms. The van der Waals surface area contributed by atoms with Crippen molar-refractivity contribution in [3.8, 4) is 0 Å². The summed E-state index contributed by atoms with van der Waals surface area (Å²) in [5.74, 6) is 1.67. The van der Waals surface area contributed by atoms with E-state index < -0.39 is 0 Å². The standard InChI is InChI=1S/C21H29FN4O2/c1-14(2)18-12-25(13-19-23-21(15(3)4)24-28-19)10-9-20(27)26(18)11-16-5-7-17(22)8-6-16/h5-8,14-15,18H,9-13H2,1-4H3. The van der Waals surface area contributed by atoms with Crippen LogP contribution in [0.3, 0.4) is 0 Å². The minimum absolute atomic E-state index is 0.0625. The molecule has 1 aromatic carbocycles. The number of carbonyl (C=O) groups excluding carboxylic acids is 1. The zero-order chi connectivity index (χ0) is 20.3. The van der Waals surface area contributed by atoms with Gasteiger partial charge < -0.3 is 9.42 Å². The number of hydrogen-bond donors (Lipinski definition) is 0. The summed E-state index contributed by atoms with van der Waals surface area (Å²) >= 11 is 0. The van der Waals surface area contributed by atoms with Crippen LogP contribution in [0.25, 0.3) is 0 Å². The maximum atomic E-state index is 13.2. The summed E-state index contributed by atoms with van der Waals surface area (Å²) in [7, 11) is 0. The lowest BCUT2D eigenvalue weighted by molar-refractivity contribution is -0.134. The van der Waals surface area contributed by atoms with Gasteiger partial charge in [-0.25, -0.2) is 4.39 Å². The third-order valence-electron chi connectivity index (χ3n) is 5.20. The molecular weight excluding hydrogens is 359 g/mol. The lowest BCUT2D eigenvalue weighted by Gasteiger charge is -2.34. The van der Waals surface area contributed by atoms with E-state index in [1.807, 2.05) is 18.7 Å². The molecule has 1 fully saturated rings. The molecule has 1 aromatic heterocycles. The number of nitrogens with zero attached hydrogens (tertiary/aromatic N) is 4. The van der Waals surface area contributed by atoms with Crippen molar-refractivity contribution >= 4 is 5.91 Å². The largest absolute Gasteiger partial charge is 0.338 e. The van der Waals surface area contributed by atoms with Crippen molar-refractivity contribution in [2.45, 2.75) is 59.2 Å². The second kappa shape index (κ2) is 8.82. The molecule has 1 aliphatic heterocycles. The summed E-state index contributed by atoms with van der Waals surface area (Å²) in [5.41, 5.74) is 0.937. The summed E-state index contributed by atoms with van der Waals surface area (Å²) in [6, 6.07) is 6.43. The van der Waals surface area contributed by atoms with Gasteiger partial charge in [0.25, 0.3) is 0 Å². The SMILES string of the molecule is CC(C)c1noc(CN2CCC(=O)N(Cc3ccc(F)cc3)C(C(C)C)C2)n1. The van der Waals surface area contributed by atoms with Crippen molar-refractivity contribution in [1.29, 1.82) is 0 Å². The van der Waals surface area contributed by atoms with E-state index in [-0.39, 0.29) is 23.7 Å². The van der Waals surface area contributed by atoms with Crippen molar-refractivity contribution in [3.05, 3.63) is 47.4 Å². The van der Waals surface area contributed by atoms with Gasteiger partial charge in [0, 0.05) is 38.0 Å². The van der Waals surface area contributed by atoms with Crippen molar-refractivity contribution in [1.82, 2.24) is 19.9 Å². The van der Waals surface area contributed by atoms with Crippen LogP contribution in [-0.2, 0) is 17.9 Å². The Morgan fingerprint density at radius 2 is 1.89 bits per heavy atom. The number of halogens is 1. The number of aromatic nitrogens is 2. The Labute approximate surface area is 165 Å². The number of carbonyl (C=O) groups is 1. The maximum Gasteiger partial charge on any atom is 0.240 e. The lowest BCUT2D eigenvalue weighted by Crippen LogP contribution is -2.45. The Morgan fingerprint density at radius 1 is 1.18 bits per heavy atom. The Bertz CT molecular complexity index is 788. The fourth-order valence-electron chi connectivity index (χ4n) is 3.50. The number of benzene rings is 1. The fraction of sp³-hybridized carbons (Fsp3) is 0.571. The molecule has 0 bridgehead atoms. The van der Waals surface area contributed by atoms with E-state index in [4.69, 9.17) is 4.52 Å². The summed E-state index contributed by atoms with van der Waals surface area (Å²) in [6.07, 6.45) is 0.440. The van der Waals surface area contributed by atoms with Crippen LogP contribution in [0, 0.1) is 11.7 Å². The predicted octanol–water partition coefficient (Wildman–Crippen LogP) is 3.59. The molecule has 1 aliphatic rings.